The summed E-state index contributed by atoms with van der Waals surface area (Å²) in [6.45, 7) is 0. The van der Waals surface area contributed by atoms with Crippen LogP contribution in [0.5, 0.6) is 0 Å². The van der Waals surface area contributed by atoms with Crippen LogP contribution in [0.15, 0.2) is 36.4 Å². The predicted molar refractivity (Wildman–Crippen MR) is 89.1 cm³/mol. The number of rotatable bonds is 2. The summed E-state index contributed by atoms with van der Waals surface area (Å²) in [5, 5.41) is 3.44. The van der Waals surface area contributed by atoms with Gasteiger partial charge < -0.3 is 5.32 Å². The zero-order chi connectivity index (χ0) is 17.6. The van der Waals surface area contributed by atoms with Crippen molar-refractivity contribution in [3.8, 4) is 0 Å². The summed E-state index contributed by atoms with van der Waals surface area (Å²) in [6.07, 6.45) is 0.0471. The molecule has 1 nitrogen and oxygen atoms in total. The number of aryl methyl sites for hydroxylation is 1. The molecule has 0 radical (unpaired) electrons. The molecule has 0 aromatic heterocycles. The van der Waals surface area contributed by atoms with Crippen LogP contribution in [0, 0.1) is 5.82 Å². The van der Waals surface area contributed by atoms with Gasteiger partial charge in [-0.3, -0.25) is 0 Å². The lowest BCUT2D eigenvalue weighted by molar-refractivity contribution is -0.137. The number of hydrogen-bond acceptors (Lipinski definition) is 1. The molecule has 4 rings (SSSR count). The predicted octanol–water partition coefficient (Wildman–Crippen LogP) is 6.21. The van der Waals surface area contributed by atoms with E-state index in [0.717, 1.165) is 54.5 Å². The van der Waals surface area contributed by atoms with E-state index in [2.05, 4.69) is 5.32 Å². The summed E-state index contributed by atoms with van der Waals surface area (Å²) in [7, 11) is 0. The Morgan fingerprint density at radius 2 is 1.72 bits per heavy atom. The molecule has 5 heteroatoms. The number of anilines is 1. The summed E-state index contributed by atoms with van der Waals surface area (Å²) in [5.74, 6) is -0.0257. The minimum absolute atomic E-state index is 0.0374. The average molecular weight is 349 g/mol. The highest BCUT2D eigenvalue weighted by molar-refractivity contribution is 5.55. The minimum atomic E-state index is -4.32. The van der Waals surface area contributed by atoms with Crippen LogP contribution in [0.25, 0.3) is 0 Å². The molecular weight excluding hydrogens is 330 g/mol. The van der Waals surface area contributed by atoms with Gasteiger partial charge in [0.15, 0.2) is 0 Å². The Kier molecular flexibility index (Phi) is 3.97. The first-order valence-corrected chi connectivity index (χ1v) is 8.68. The summed E-state index contributed by atoms with van der Waals surface area (Å²) < 4.78 is 52.7. The van der Waals surface area contributed by atoms with E-state index in [0.29, 0.717) is 0 Å². The van der Waals surface area contributed by atoms with Gasteiger partial charge in [-0.15, -0.1) is 0 Å². The van der Waals surface area contributed by atoms with Gasteiger partial charge >= 0.3 is 6.18 Å². The van der Waals surface area contributed by atoms with Crippen LogP contribution in [0.3, 0.4) is 0 Å². The van der Waals surface area contributed by atoms with Crippen molar-refractivity contribution in [2.24, 2.45) is 0 Å². The van der Waals surface area contributed by atoms with Gasteiger partial charge in [-0.2, -0.15) is 13.2 Å². The standard InChI is InChI=1S/C20H19F4N/c21-15-7-9-18-13(10-15)2-1-3-19(25-18)16-8-6-14(20(22,23)24)11-17(16)12-4-5-12/h6-12,19,25H,1-5H2. The highest BCUT2D eigenvalue weighted by atomic mass is 19.4. The van der Waals surface area contributed by atoms with Crippen LogP contribution >= 0.6 is 0 Å². The van der Waals surface area contributed by atoms with Crippen molar-refractivity contribution in [1.29, 1.82) is 0 Å². The second-order valence-electron chi connectivity index (χ2n) is 7.01. The third-order valence-corrected chi connectivity index (χ3v) is 5.14. The van der Waals surface area contributed by atoms with E-state index < -0.39 is 11.7 Å². The monoisotopic (exact) mass is 349 g/mol. The molecule has 1 saturated carbocycles. The smallest absolute Gasteiger partial charge is 0.378 e. The fourth-order valence-corrected chi connectivity index (χ4v) is 3.72. The molecule has 2 aliphatic rings. The van der Waals surface area contributed by atoms with Gasteiger partial charge in [-0.25, -0.2) is 4.39 Å². The average Bonchev–Trinajstić information content (AvgIpc) is 3.40. The quantitative estimate of drug-likeness (QED) is 0.636. The maximum Gasteiger partial charge on any atom is 0.416 e. The number of benzene rings is 2. The van der Waals surface area contributed by atoms with Gasteiger partial charge in [0, 0.05) is 5.69 Å². The molecule has 0 amide bonds. The third-order valence-electron chi connectivity index (χ3n) is 5.14. The van der Waals surface area contributed by atoms with E-state index in [1.165, 1.54) is 18.2 Å². The molecule has 0 saturated heterocycles. The normalized spacial score (nSPS) is 20.6. The van der Waals surface area contributed by atoms with E-state index in [1.54, 1.807) is 18.2 Å². The highest BCUT2D eigenvalue weighted by Gasteiger charge is 2.35. The first kappa shape index (κ1) is 16.4. The fraction of sp³-hybridized carbons (Fsp3) is 0.400. The van der Waals surface area contributed by atoms with Crippen molar-refractivity contribution in [1.82, 2.24) is 0 Å². The molecule has 1 atom stereocenters. The lowest BCUT2D eigenvalue weighted by Gasteiger charge is -2.23. The maximum atomic E-state index is 13.4. The molecule has 0 spiro atoms. The Labute approximate surface area is 144 Å². The van der Waals surface area contributed by atoms with Crippen molar-refractivity contribution in [3.63, 3.8) is 0 Å². The zero-order valence-corrected chi connectivity index (χ0v) is 13.7. The van der Waals surface area contributed by atoms with Crippen molar-refractivity contribution in [2.45, 2.75) is 50.2 Å². The van der Waals surface area contributed by atoms with Crippen LogP contribution < -0.4 is 5.32 Å². The molecule has 1 unspecified atom stereocenters. The Bertz CT molecular complexity index is 793. The molecule has 132 valence electrons. The van der Waals surface area contributed by atoms with Crippen LogP contribution in [0.4, 0.5) is 23.2 Å². The Hall–Kier alpha value is -2.04. The van der Waals surface area contributed by atoms with E-state index in [1.807, 2.05) is 0 Å². The Morgan fingerprint density at radius 3 is 2.44 bits per heavy atom. The molecule has 2 aromatic carbocycles. The van der Waals surface area contributed by atoms with Crippen LogP contribution in [0.1, 0.15) is 59.9 Å². The van der Waals surface area contributed by atoms with Crippen LogP contribution in [-0.4, -0.2) is 0 Å². The first-order chi connectivity index (χ1) is 11.9. The molecule has 1 heterocycles. The topological polar surface area (TPSA) is 12.0 Å². The summed E-state index contributed by atoms with van der Waals surface area (Å²) in [4.78, 5) is 0. The van der Waals surface area contributed by atoms with E-state index in [9.17, 15) is 17.6 Å². The molecule has 25 heavy (non-hydrogen) atoms. The second-order valence-corrected chi connectivity index (χ2v) is 7.01. The summed E-state index contributed by atoms with van der Waals surface area (Å²) in [5.41, 5.74) is 3.01. The van der Waals surface area contributed by atoms with E-state index >= 15 is 0 Å². The molecular formula is C20H19F4N. The summed E-state index contributed by atoms with van der Waals surface area (Å²) >= 11 is 0. The van der Waals surface area contributed by atoms with E-state index in [4.69, 9.17) is 0 Å². The minimum Gasteiger partial charge on any atom is -0.378 e. The number of alkyl halides is 3. The Balaban J connectivity index is 1.70. The van der Waals surface area contributed by atoms with Crippen LogP contribution in [0.2, 0.25) is 0 Å². The third kappa shape index (κ3) is 3.37. The molecule has 0 bridgehead atoms. The van der Waals surface area contributed by atoms with Crippen molar-refractivity contribution in [2.75, 3.05) is 5.32 Å². The summed E-state index contributed by atoms with van der Waals surface area (Å²) in [6, 6.07) is 8.78. The number of halogens is 4. The van der Waals surface area contributed by atoms with Gasteiger partial charge in [0.25, 0.3) is 0 Å². The molecule has 1 aliphatic heterocycles. The lowest BCUT2D eigenvalue weighted by Crippen LogP contribution is -2.14. The van der Waals surface area contributed by atoms with Crippen molar-refractivity contribution >= 4 is 5.69 Å². The van der Waals surface area contributed by atoms with Gasteiger partial charge in [0.1, 0.15) is 5.82 Å². The fourth-order valence-electron chi connectivity index (χ4n) is 3.72. The lowest BCUT2D eigenvalue weighted by atomic mass is 9.92. The molecule has 1 N–H and O–H groups in total. The van der Waals surface area contributed by atoms with Crippen molar-refractivity contribution in [3.05, 3.63) is 64.5 Å². The second kappa shape index (κ2) is 6.04. The van der Waals surface area contributed by atoms with Gasteiger partial charge in [-0.05, 0) is 85.0 Å². The zero-order valence-electron chi connectivity index (χ0n) is 13.7. The maximum absolute atomic E-state index is 13.4. The molecule has 1 fully saturated rings. The largest absolute Gasteiger partial charge is 0.416 e. The van der Waals surface area contributed by atoms with E-state index in [-0.39, 0.29) is 17.8 Å². The molecule has 1 aliphatic carbocycles. The number of hydrogen-bond donors (Lipinski definition) is 1. The number of nitrogens with one attached hydrogen (secondary N) is 1. The Morgan fingerprint density at radius 1 is 0.920 bits per heavy atom. The number of fused-ring (bicyclic) bond motifs is 1. The SMILES string of the molecule is Fc1ccc2c(c1)CCCC(c1ccc(C(F)(F)F)cc1C1CC1)N2. The van der Waals surface area contributed by atoms with Gasteiger partial charge in [0.05, 0.1) is 11.6 Å². The first-order valence-electron chi connectivity index (χ1n) is 8.68. The van der Waals surface area contributed by atoms with Crippen LogP contribution in [-0.2, 0) is 12.6 Å². The van der Waals surface area contributed by atoms with Gasteiger partial charge in [0.2, 0.25) is 0 Å². The van der Waals surface area contributed by atoms with Crippen molar-refractivity contribution < 1.29 is 17.6 Å². The van der Waals surface area contributed by atoms with Gasteiger partial charge in [-0.1, -0.05) is 6.07 Å². The highest BCUT2D eigenvalue weighted by Crippen LogP contribution is 2.46. The molecule has 2 aromatic rings.